The van der Waals surface area contributed by atoms with Crippen molar-refractivity contribution < 1.29 is 28.8 Å². The Morgan fingerprint density at radius 2 is 1.76 bits per heavy atom. The molecule has 1 fully saturated rings. The molecule has 4 rings (SSSR count). The van der Waals surface area contributed by atoms with Crippen LogP contribution in [0.25, 0.3) is 0 Å². The molecule has 0 aliphatic carbocycles. The van der Waals surface area contributed by atoms with Crippen LogP contribution in [0, 0.1) is 11.3 Å². The first-order valence-electron chi connectivity index (χ1n) is 10.8. The van der Waals surface area contributed by atoms with E-state index in [2.05, 4.69) is 6.07 Å². The third-order valence-corrected chi connectivity index (χ3v) is 7.27. The summed E-state index contributed by atoms with van der Waals surface area (Å²) in [4.78, 5) is 14.8. The quantitative estimate of drug-likeness (QED) is 0.637. The molecular formula is C25H26N2O6S. The fourth-order valence-electron chi connectivity index (χ4n) is 4.39. The van der Waals surface area contributed by atoms with E-state index in [1.165, 1.54) is 30.9 Å². The molecule has 2 aromatic carbocycles. The molecule has 0 unspecified atom stereocenters. The van der Waals surface area contributed by atoms with E-state index >= 15 is 0 Å². The minimum absolute atomic E-state index is 0.0421. The number of allylic oxidation sites excluding steroid dienone is 1. The van der Waals surface area contributed by atoms with Crippen molar-refractivity contribution in [2.75, 3.05) is 33.7 Å². The van der Waals surface area contributed by atoms with Gasteiger partial charge in [-0.25, -0.2) is 0 Å². The highest BCUT2D eigenvalue weighted by Crippen LogP contribution is 2.52. The second kappa shape index (κ2) is 9.49. The van der Waals surface area contributed by atoms with Gasteiger partial charge in [-0.2, -0.15) is 5.26 Å². The van der Waals surface area contributed by atoms with Gasteiger partial charge in [0, 0.05) is 17.9 Å². The number of benzene rings is 2. The van der Waals surface area contributed by atoms with E-state index in [0.29, 0.717) is 45.8 Å². The number of thioether (sulfide) groups is 1. The van der Waals surface area contributed by atoms with Crippen molar-refractivity contribution in [3.63, 3.8) is 0 Å². The zero-order chi connectivity index (χ0) is 24.5. The smallest absolute Gasteiger partial charge is 0.231 e. The Bertz CT molecular complexity index is 1190. The molecule has 34 heavy (non-hydrogen) atoms. The lowest BCUT2D eigenvalue weighted by Gasteiger charge is -2.38. The van der Waals surface area contributed by atoms with Gasteiger partial charge in [-0.05, 0) is 36.8 Å². The van der Waals surface area contributed by atoms with Gasteiger partial charge in [0.05, 0.1) is 50.4 Å². The van der Waals surface area contributed by atoms with Crippen LogP contribution < -0.4 is 18.9 Å². The highest BCUT2D eigenvalue weighted by Gasteiger charge is 2.52. The fraction of sp³-hybridized carbons (Fsp3) is 0.360. The van der Waals surface area contributed by atoms with E-state index in [1.54, 1.807) is 31.4 Å². The Hall–Kier alpha value is -3.35. The molecule has 0 saturated carbocycles. The lowest BCUT2D eigenvalue weighted by molar-refractivity contribution is -0.149. The average molecular weight is 483 g/mol. The van der Waals surface area contributed by atoms with Gasteiger partial charge in [0.1, 0.15) is 0 Å². The maximum absolute atomic E-state index is 13.4. The second-order valence-electron chi connectivity index (χ2n) is 7.83. The highest BCUT2D eigenvalue weighted by molar-refractivity contribution is 8.03. The van der Waals surface area contributed by atoms with Crippen molar-refractivity contribution in [1.82, 2.24) is 4.90 Å². The number of fused-ring (bicyclic) bond motifs is 1. The number of nitriles is 1. The van der Waals surface area contributed by atoms with Gasteiger partial charge >= 0.3 is 0 Å². The number of nitrogens with zero attached hydrogens (tertiary/aromatic N) is 2. The molecule has 0 spiro atoms. The first-order chi connectivity index (χ1) is 16.4. The van der Waals surface area contributed by atoms with Crippen molar-refractivity contribution in [3.05, 3.63) is 58.1 Å². The molecule has 2 atom stereocenters. The van der Waals surface area contributed by atoms with Gasteiger partial charge in [-0.3, -0.25) is 9.69 Å². The van der Waals surface area contributed by atoms with Crippen LogP contribution in [0.3, 0.4) is 0 Å². The molecule has 178 valence electrons. The van der Waals surface area contributed by atoms with Crippen LogP contribution in [0.5, 0.6) is 23.0 Å². The van der Waals surface area contributed by atoms with Gasteiger partial charge in [0.2, 0.25) is 5.91 Å². The Kier molecular flexibility index (Phi) is 6.64. The number of rotatable bonds is 7. The van der Waals surface area contributed by atoms with E-state index in [1.807, 2.05) is 19.1 Å². The maximum atomic E-state index is 13.4. The molecule has 1 N–H and O–H groups in total. The van der Waals surface area contributed by atoms with Crippen LogP contribution in [0.15, 0.2) is 47.0 Å². The number of aliphatic hydroxyl groups is 1. The number of carbonyl (C=O) groups excluding carboxylic acids is 1. The predicted molar refractivity (Wildman–Crippen MR) is 127 cm³/mol. The predicted octanol–water partition coefficient (Wildman–Crippen LogP) is 3.75. The first-order valence-corrected chi connectivity index (χ1v) is 11.8. The summed E-state index contributed by atoms with van der Waals surface area (Å²) in [5, 5.41) is 22.2. The van der Waals surface area contributed by atoms with Crippen LogP contribution in [0.2, 0.25) is 0 Å². The topological polar surface area (TPSA) is 101 Å². The summed E-state index contributed by atoms with van der Waals surface area (Å²) in [5.41, 5.74) is 0.0944. The Labute approximate surface area is 202 Å². The molecular weight excluding hydrogens is 456 g/mol. The number of hydrogen-bond acceptors (Lipinski definition) is 8. The average Bonchev–Trinajstić information content (AvgIpc) is 3.22. The van der Waals surface area contributed by atoms with Gasteiger partial charge in [-0.15, -0.1) is 11.8 Å². The number of amides is 1. The van der Waals surface area contributed by atoms with Gasteiger partial charge in [0.25, 0.3) is 0 Å². The molecule has 1 amide bonds. The summed E-state index contributed by atoms with van der Waals surface area (Å²) in [6, 6.07) is 12.8. The fourth-order valence-corrected chi connectivity index (χ4v) is 5.75. The Morgan fingerprint density at radius 1 is 1.09 bits per heavy atom. The largest absolute Gasteiger partial charge is 0.493 e. The minimum Gasteiger partial charge on any atom is -0.493 e. The molecule has 0 aromatic heterocycles. The summed E-state index contributed by atoms with van der Waals surface area (Å²) in [6.07, 6.45) is 0.0421. The highest BCUT2D eigenvalue weighted by atomic mass is 32.2. The minimum atomic E-state index is -1.61. The lowest BCUT2D eigenvalue weighted by atomic mass is 9.85. The standard InChI is InChI=1S/C25H26N2O6S/c1-5-33-22-10-15(6-8-20(22)31-3)17-12-23(28)27-24(18(17)13-26)34-14-25(27,29)16-7-9-19(30-2)21(11-16)32-4/h6-11,17,29H,5,12,14H2,1-4H3/t17-,25-/m1/s1. The summed E-state index contributed by atoms with van der Waals surface area (Å²) in [5.74, 6) is 1.57. The zero-order valence-corrected chi connectivity index (χ0v) is 20.3. The Balaban J connectivity index is 1.77. The number of carbonyl (C=O) groups is 1. The van der Waals surface area contributed by atoms with Crippen molar-refractivity contribution in [3.8, 4) is 29.1 Å². The first kappa shape index (κ1) is 23.8. The molecule has 0 radical (unpaired) electrons. The molecule has 0 bridgehead atoms. The van der Waals surface area contributed by atoms with E-state index < -0.39 is 11.6 Å². The van der Waals surface area contributed by atoms with Gasteiger partial charge in [0.15, 0.2) is 28.7 Å². The van der Waals surface area contributed by atoms with Gasteiger partial charge in [-0.1, -0.05) is 12.1 Å². The number of methoxy groups -OCH3 is 3. The van der Waals surface area contributed by atoms with Gasteiger partial charge < -0.3 is 24.1 Å². The van der Waals surface area contributed by atoms with Crippen molar-refractivity contribution >= 4 is 17.7 Å². The van der Waals surface area contributed by atoms with E-state index in [-0.39, 0.29) is 18.1 Å². The van der Waals surface area contributed by atoms with E-state index in [0.717, 1.165) is 5.56 Å². The summed E-state index contributed by atoms with van der Waals surface area (Å²) in [6.45, 7) is 2.33. The maximum Gasteiger partial charge on any atom is 0.231 e. The van der Waals surface area contributed by atoms with Crippen molar-refractivity contribution in [2.45, 2.75) is 25.0 Å². The molecule has 8 nitrogen and oxygen atoms in total. The second-order valence-corrected chi connectivity index (χ2v) is 8.80. The van der Waals surface area contributed by atoms with Crippen LogP contribution in [-0.2, 0) is 10.5 Å². The van der Waals surface area contributed by atoms with Crippen LogP contribution in [-0.4, -0.2) is 49.6 Å². The number of ether oxygens (including phenoxy) is 4. The molecule has 2 aliphatic rings. The van der Waals surface area contributed by atoms with Crippen molar-refractivity contribution in [2.24, 2.45) is 0 Å². The molecule has 1 saturated heterocycles. The zero-order valence-electron chi connectivity index (χ0n) is 19.5. The van der Waals surface area contributed by atoms with Crippen LogP contribution in [0.1, 0.15) is 30.4 Å². The third kappa shape index (κ3) is 3.83. The van der Waals surface area contributed by atoms with E-state index in [9.17, 15) is 15.2 Å². The summed E-state index contributed by atoms with van der Waals surface area (Å²) < 4.78 is 21.7. The number of hydrogen-bond donors (Lipinski definition) is 1. The summed E-state index contributed by atoms with van der Waals surface area (Å²) >= 11 is 1.29. The monoisotopic (exact) mass is 482 g/mol. The summed E-state index contributed by atoms with van der Waals surface area (Å²) in [7, 11) is 4.60. The van der Waals surface area contributed by atoms with E-state index in [4.69, 9.17) is 18.9 Å². The lowest BCUT2D eigenvalue weighted by Crippen LogP contribution is -2.48. The SMILES string of the molecule is CCOc1cc([C@H]2CC(=O)N3C(=C2C#N)SC[C@@]3(O)c2ccc(OC)c(OC)c2)ccc1OC. The Morgan fingerprint density at radius 3 is 2.41 bits per heavy atom. The third-order valence-electron chi connectivity index (χ3n) is 6.05. The normalized spacial score (nSPS) is 21.7. The molecule has 2 aromatic rings. The molecule has 2 aliphatic heterocycles. The molecule has 2 heterocycles. The van der Waals surface area contributed by atoms with Crippen molar-refractivity contribution in [1.29, 1.82) is 5.26 Å². The molecule has 9 heteroatoms. The van der Waals surface area contributed by atoms with Crippen LogP contribution in [0.4, 0.5) is 0 Å². The van der Waals surface area contributed by atoms with Crippen LogP contribution >= 0.6 is 11.8 Å².